The van der Waals surface area contributed by atoms with E-state index in [-0.39, 0.29) is 11.4 Å². The Bertz CT molecular complexity index is 746. The molecule has 0 radical (unpaired) electrons. The minimum atomic E-state index is -0.221. The van der Waals surface area contributed by atoms with Crippen molar-refractivity contribution in [1.29, 1.82) is 0 Å². The minimum absolute atomic E-state index is 0.0187. The van der Waals surface area contributed by atoms with Gasteiger partial charge in [0.25, 0.3) is 5.56 Å². The molecule has 2 aromatic rings. The molecule has 6 heteroatoms. The lowest BCUT2D eigenvalue weighted by Crippen LogP contribution is -2.48. The highest BCUT2D eigenvalue weighted by atomic mass is 19.1. The van der Waals surface area contributed by atoms with Crippen molar-refractivity contribution in [3.63, 3.8) is 0 Å². The van der Waals surface area contributed by atoms with Gasteiger partial charge < -0.3 is 14.4 Å². The van der Waals surface area contributed by atoms with Gasteiger partial charge in [0.1, 0.15) is 5.82 Å². The molecular formula is C17H19FN4O. The van der Waals surface area contributed by atoms with Crippen LogP contribution in [0.1, 0.15) is 18.9 Å². The van der Waals surface area contributed by atoms with Crippen molar-refractivity contribution >= 4 is 11.5 Å². The van der Waals surface area contributed by atoms with Crippen LogP contribution in [0.5, 0.6) is 0 Å². The van der Waals surface area contributed by atoms with Gasteiger partial charge in [0.15, 0.2) is 5.82 Å². The number of hydrogen-bond donors (Lipinski definition) is 0. The van der Waals surface area contributed by atoms with E-state index >= 15 is 0 Å². The first-order valence-electron chi connectivity index (χ1n) is 8.05. The third-order valence-electron chi connectivity index (χ3n) is 4.56. The van der Waals surface area contributed by atoms with Crippen LogP contribution in [-0.4, -0.2) is 35.7 Å². The molecular weight excluding hydrogens is 295 g/mol. The number of piperazine rings is 1. The van der Waals surface area contributed by atoms with Crippen molar-refractivity contribution in [3.05, 3.63) is 52.8 Å². The molecule has 0 atom stereocenters. The summed E-state index contributed by atoms with van der Waals surface area (Å²) in [5, 5.41) is 0. The molecule has 0 unspecified atom stereocenters. The minimum Gasteiger partial charge on any atom is -0.368 e. The number of aromatic nitrogens is 2. The van der Waals surface area contributed by atoms with Crippen LogP contribution in [0.4, 0.5) is 15.9 Å². The van der Waals surface area contributed by atoms with Crippen LogP contribution in [0, 0.1) is 5.82 Å². The zero-order valence-corrected chi connectivity index (χ0v) is 12.9. The Balaban J connectivity index is 1.48. The van der Waals surface area contributed by atoms with E-state index in [1.54, 1.807) is 24.5 Å². The van der Waals surface area contributed by atoms with Gasteiger partial charge >= 0.3 is 0 Å². The molecule has 5 nitrogen and oxygen atoms in total. The number of rotatable bonds is 3. The number of hydrogen-bond acceptors (Lipinski definition) is 4. The van der Waals surface area contributed by atoms with E-state index in [0.717, 1.165) is 44.7 Å². The molecule has 0 spiro atoms. The molecule has 1 aliphatic heterocycles. The lowest BCUT2D eigenvalue weighted by molar-refractivity contribution is 0.620. The van der Waals surface area contributed by atoms with Crippen molar-refractivity contribution in [2.75, 3.05) is 36.0 Å². The maximum atomic E-state index is 13.0. The summed E-state index contributed by atoms with van der Waals surface area (Å²) >= 11 is 0. The van der Waals surface area contributed by atoms with Crippen molar-refractivity contribution in [2.45, 2.75) is 18.9 Å². The summed E-state index contributed by atoms with van der Waals surface area (Å²) in [6.07, 6.45) is 5.68. The standard InChI is InChI=1S/C17H19FN4O/c18-13-1-3-14(4-2-13)20-9-11-21(12-10-20)16-17(23)22(8-7-19-16)15-5-6-15/h1-4,7-8,15H,5-6,9-12H2. The summed E-state index contributed by atoms with van der Waals surface area (Å²) in [6.45, 7) is 3.08. The molecule has 120 valence electrons. The summed E-state index contributed by atoms with van der Waals surface area (Å²) in [5.74, 6) is 0.333. The number of nitrogens with zero attached hydrogens (tertiary/aromatic N) is 4. The summed E-state index contributed by atoms with van der Waals surface area (Å²) in [5.41, 5.74) is 1.03. The number of benzene rings is 1. The van der Waals surface area contributed by atoms with E-state index in [2.05, 4.69) is 14.8 Å². The predicted molar refractivity (Wildman–Crippen MR) is 87.6 cm³/mol. The van der Waals surface area contributed by atoms with Gasteiger partial charge in [-0.2, -0.15) is 0 Å². The van der Waals surface area contributed by atoms with Gasteiger partial charge in [-0.25, -0.2) is 9.37 Å². The van der Waals surface area contributed by atoms with Crippen LogP contribution in [-0.2, 0) is 0 Å². The first kappa shape index (κ1) is 14.2. The smallest absolute Gasteiger partial charge is 0.293 e. The second kappa shape index (κ2) is 5.68. The Morgan fingerprint density at radius 3 is 2.30 bits per heavy atom. The van der Waals surface area contributed by atoms with Crippen molar-refractivity contribution in [3.8, 4) is 0 Å². The molecule has 0 amide bonds. The molecule has 1 aliphatic carbocycles. The lowest BCUT2D eigenvalue weighted by atomic mass is 10.2. The molecule has 1 saturated carbocycles. The summed E-state index contributed by atoms with van der Waals surface area (Å²) in [6, 6.07) is 6.92. The topological polar surface area (TPSA) is 41.4 Å². The Hall–Kier alpha value is -2.37. The van der Waals surface area contributed by atoms with Gasteiger partial charge in [-0.05, 0) is 37.1 Å². The molecule has 1 saturated heterocycles. The van der Waals surface area contributed by atoms with Crippen LogP contribution in [0.15, 0.2) is 41.5 Å². The van der Waals surface area contributed by atoms with E-state index in [0.29, 0.717) is 11.9 Å². The molecule has 23 heavy (non-hydrogen) atoms. The average molecular weight is 314 g/mol. The van der Waals surface area contributed by atoms with Crippen LogP contribution in [0.3, 0.4) is 0 Å². The van der Waals surface area contributed by atoms with Crippen molar-refractivity contribution < 1.29 is 4.39 Å². The average Bonchev–Trinajstić information content (AvgIpc) is 3.41. The highest BCUT2D eigenvalue weighted by Crippen LogP contribution is 2.33. The normalized spacial score (nSPS) is 18.3. The van der Waals surface area contributed by atoms with Gasteiger partial charge in [0, 0.05) is 50.3 Å². The van der Waals surface area contributed by atoms with E-state index in [9.17, 15) is 9.18 Å². The third-order valence-corrected chi connectivity index (χ3v) is 4.56. The fourth-order valence-corrected chi connectivity index (χ4v) is 3.10. The van der Waals surface area contributed by atoms with Gasteiger partial charge in [0.2, 0.25) is 0 Å². The second-order valence-electron chi connectivity index (χ2n) is 6.14. The Kier molecular flexibility index (Phi) is 3.52. The van der Waals surface area contributed by atoms with E-state index in [1.807, 2.05) is 4.57 Å². The van der Waals surface area contributed by atoms with Crippen LogP contribution >= 0.6 is 0 Å². The highest BCUT2D eigenvalue weighted by Gasteiger charge is 2.27. The zero-order valence-electron chi connectivity index (χ0n) is 12.9. The predicted octanol–water partition coefficient (Wildman–Crippen LogP) is 2.04. The Morgan fingerprint density at radius 2 is 1.65 bits per heavy atom. The van der Waals surface area contributed by atoms with E-state index in [4.69, 9.17) is 0 Å². The maximum absolute atomic E-state index is 13.0. The van der Waals surface area contributed by atoms with E-state index in [1.165, 1.54) is 12.1 Å². The molecule has 2 aliphatic rings. The fraction of sp³-hybridized carbons (Fsp3) is 0.412. The van der Waals surface area contributed by atoms with Gasteiger partial charge in [0.05, 0.1) is 0 Å². The Morgan fingerprint density at radius 1 is 1.00 bits per heavy atom. The number of anilines is 2. The van der Waals surface area contributed by atoms with Crippen molar-refractivity contribution in [1.82, 2.24) is 9.55 Å². The molecule has 0 bridgehead atoms. The summed E-state index contributed by atoms with van der Waals surface area (Å²) in [7, 11) is 0. The van der Waals surface area contributed by atoms with Gasteiger partial charge in [-0.15, -0.1) is 0 Å². The summed E-state index contributed by atoms with van der Waals surface area (Å²) in [4.78, 5) is 21.1. The first-order chi connectivity index (χ1) is 11.2. The molecule has 0 N–H and O–H groups in total. The molecule has 2 fully saturated rings. The molecule has 1 aromatic carbocycles. The molecule has 4 rings (SSSR count). The Labute approximate surface area is 134 Å². The monoisotopic (exact) mass is 314 g/mol. The first-order valence-corrected chi connectivity index (χ1v) is 8.05. The summed E-state index contributed by atoms with van der Waals surface area (Å²) < 4.78 is 14.8. The molecule has 2 heterocycles. The fourth-order valence-electron chi connectivity index (χ4n) is 3.10. The van der Waals surface area contributed by atoms with Crippen LogP contribution < -0.4 is 15.4 Å². The quantitative estimate of drug-likeness (QED) is 0.869. The van der Waals surface area contributed by atoms with Crippen molar-refractivity contribution in [2.24, 2.45) is 0 Å². The molecule has 1 aromatic heterocycles. The largest absolute Gasteiger partial charge is 0.368 e. The SMILES string of the molecule is O=c1c(N2CCN(c3ccc(F)cc3)CC2)nccn1C1CC1. The lowest BCUT2D eigenvalue weighted by Gasteiger charge is -2.36. The number of halogens is 1. The highest BCUT2D eigenvalue weighted by molar-refractivity contribution is 5.49. The zero-order chi connectivity index (χ0) is 15.8. The maximum Gasteiger partial charge on any atom is 0.293 e. The second-order valence-corrected chi connectivity index (χ2v) is 6.14. The van der Waals surface area contributed by atoms with Gasteiger partial charge in [-0.3, -0.25) is 4.79 Å². The van der Waals surface area contributed by atoms with E-state index < -0.39 is 0 Å². The van der Waals surface area contributed by atoms with Gasteiger partial charge in [-0.1, -0.05) is 0 Å². The third kappa shape index (κ3) is 2.81. The van der Waals surface area contributed by atoms with Crippen LogP contribution in [0.25, 0.3) is 0 Å². The van der Waals surface area contributed by atoms with Crippen LogP contribution in [0.2, 0.25) is 0 Å².